The fraction of sp³-hybridized carbons (Fsp3) is 0.400. The van der Waals surface area contributed by atoms with Crippen molar-refractivity contribution in [2.24, 2.45) is 0 Å². The van der Waals surface area contributed by atoms with E-state index in [1.165, 1.54) is 4.90 Å². The first kappa shape index (κ1) is 13.6. The van der Waals surface area contributed by atoms with Crippen molar-refractivity contribution in [3.05, 3.63) is 36.3 Å². The average Bonchev–Trinajstić information content (AvgIpc) is 3.17. The van der Waals surface area contributed by atoms with Gasteiger partial charge in [-0.15, -0.1) is 0 Å². The van der Waals surface area contributed by atoms with Gasteiger partial charge in [0.25, 0.3) is 0 Å². The maximum Gasteiger partial charge on any atom is 0.326 e. The first-order valence-electron chi connectivity index (χ1n) is 7.03. The molecular weight excluding hydrogens is 270 g/mol. The molecule has 21 heavy (non-hydrogen) atoms. The van der Waals surface area contributed by atoms with Crippen molar-refractivity contribution in [3.63, 3.8) is 0 Å². The first-order chi connectivity index (χ1) is 10.1. The van der Waals surface area contributed by atoms with Crippen molar-refractivity contribution in [1.29, 1.82) is 0 Å². The lowest BCUT2D eigenvalue weighted by Crippen LogP contribution is -2.45. The lowest BCUT2D eigenvalue weighted by molar-refractivity contribution is -0.149. The largest absolute Gasteiger partial charge is 0.480 e. The quantitative estimate of drug-likeness (QED) is 0.900. The van der Waals surface area contributed by atoms with Crippen LogP contribution in [0.15, 0.2) is 30.6 Å². The molecule has 0 saturated heterocycles. The Morgan fingerprint density at radius 2 is 2.24 bits per heavy atom. The molecule has 0 bridgehead atoms. The molecule has 0 radical (unpaired) electrons. The molecule has 2 aromatic rings. The SMILES string of the molecule is CC(C(=O)O)N(C(=O)Cc1cn2ccccc2n1)C1CC1. The summed E-state index contributed by atoms with van der Waals surface area (Å²) in [7, 11) is 0. The highest BCUT2D eigenvalue weighted by Gasteiger charge is 2.38. The lowest BCUT2D eigenvalue weighted by Gasteiger charge is -2.26. The zero-order valence-corrected chi connectivity index (χ0v) is 11.8. The number of amides is 1. The molecule has 1 fully saturated rings. The summed E-state index contributed by atoms with van der Waals surface area (Å²) >= 11 is 0. The second kappa shape index (κ2) is 5.20. The number of aliphatic carboxylic acids is 1. The van der Waals surface area contributed by atoms with Gasteiger partial charge in [0.1, 0.15) is 11.7 Å². The van der Waals surface area contributed by atoms with Gasteiger partial charge in [-0.2, -0.15) is 0 Å². The Hall–Kier alpha value is -2.37. The van der Waals surface area contributed by atoms with Crippen LogP contribution in [-0.2, 0) is 16.0 Å². The molecule has 0 aromatic carbocycles. The van der Waals surface area contributed by atoms with Crippen LogP contribution in [0.5, 0.6) is 0 Å². The molecule has 1 aliphatic rings. The molecule has 0 spiro atoms. The molecule has 6 heteroatoms. The van der Waals surface area contributed by atoms with Gasteiger partial charge in [-0.05, 0) is 31.9 Å². The van der Waals surface area contributed by atoms with Crippen molar-refractivity contribution in [2.75, 3.05) is 0 Å². The number of carboxylic acid groups (broad SMARTS) is 1. The van der Waals surface area contributed by atoms with Crippen LogP contribution < -0.4 is 0 Å². The number of fused-ring (bicyclic) bond motifs is 1. The Kier molecular flexibility index (Phi) is 3.37. The molecule has 0 aliphatic heterocycles. The van der Waals surface area contributed by atoms with Crippen molar-refractivity contribution >= 4 is 17.5 Å². The number of hydrogen-bond donors (Lipinski definition) is 1. The second-order valence-electron chi connectivity index (χ2n) is 5.42. The fourth-order valence-electron chi connectivity index (χ4n) is 2.53. The van der Waals surface area contributed by atoms with Gasteiger partial charge >= 0.3 is 5.97 Å². The molecule has 1 amide bonds. The summed E-state index contributed by atoms with van der Waals surface area (Å²) in [6.45, 7) is 1.56. The predicted octanol–water partition coefficient (Wildman–Crippen LogP) is 1.34. The van der Waals surface area contributed by atoms with E-state index in [0.717, 1.165) is 18.5 Å². The fourth-order valence-corrected chi connectivity index (χ4v) is 2.53. The number of pyridine rings is 1. The molecule has 2 aromatic heterocycles. The number of carboxylic acids is 1. The van der Waals surface area contributed by atoms with Crippen LogP contribution in [0.4, 0.5) is 0 Å². The predicted molar refractivity (Wildman–Crippen MR) is 75.9 cm³/mol. The van der Waals surface area contributed by atoms with Gasteiger partial charge in [0.15, 0.2) is 0 Å². The molecular formula is C15H17N3O3. The van der Waals surface area contributed by atoms with E-state index in [-0.39, 0.29) is 18.4 Å². The van der Waals surface area contributed by atoms with Gasteiger partial charge < -0.3 is 14.4 Å². The Morgan fingerprint density at radius 1 is 1.48 bits per heavy atom. The van der Waals surface area contributed by atoms with E-state index < -0.39 is 12.0 Å². The number of aromatic nitrogens is 2. The summed E-state index contributed by atoms with van der Waals surface area (Å²) in [6, 6.07) is 4.93. The van der Waals surface area contributed by atoms with Crippen LogP contribution >= 0.6 is 0 Å². The minimum Gasteiger partial charge on any atom is -0.480 e. The Bertz CT molecular complexity index is 657. The third-order valence-electron chi connectivity index (χ3n) is 3.75. The summed E-state index contributed by atoms with van der Waals surface area (Å²) in [6.07, 6.45) is 5.58. The van der Waals surface area contributed by atoms with E-state index in [1.807, 2.05) is 35.0 Å². The summed E-state index contributed by atoms with van der Waals surface area (Å²) in [5.74, 6) is -1.14. The van der Waals surface area contributed by atoms with Crippen LogP contribution in [0.2, 0.25) is 0 Å². The minimum absolute atomic E-state index is 0.0700. The Labute approximate surface area is 122 Å². The first-order valence-corrected chi connectivity index (χ1v) is 7.03. The van der Waals surface area contributed by atoms with Gasteiger partial charge in [-0.1, -0.05) is 6.07 Å². The zero-order chi connectivity index (χ0) is 15.0. The Morgan fingerprint density at radius 3 is 2.86 bits per heavy atom. The van der Waals surface area contributed by atoms with E-state index in [1.54, 1.807) is 6.92 Å². The van der Waals surface area contributed by atoms with Gasteiger partial charge in [-0.25, -0.2) is 9.78 Å². The van der Waals surface area contributed by atoms with E-state index in [9.17, 15) is 9.59 Å². The van der Waals surface area contributed by atoms with Gasteiger partial charge in [0.2, 0.25) is 5.91 Å². The number of nitrogens with zero attached hydrogens (tertiary/aromatic N) is 3. The van der Waals surface area contributed by atoms with Crippen molar-refractivity contribution in [2.45, 2.75) is 38.3 Å². The molecule has 1 saturated carbocycles. The molecule has 1 unspecified atom stereocenters. The number of rotatable bonds is 5. The lowest BCUT2D eigenvalue weighted by atomic mass is 10.2. The number of imidazole rings is 1. The van der Waals surface area contributed by atoms with E-state index in [4.69, 9.17) is 5.11 Å². The topological polar surface area (TPSA) is 74.9 Å². The summed E-state index contributed by atoms with van der Waals surface area (Å²) < 4.78 is 1.85. The Balaban J connectivity index is 1.78. The smallest absolute Gasteiger partial charge is 0.326 e. The highest BCUT2D eigenvalue weighted by Crippen LogP contribution is 2.29. The van der Waals surface area contributed by atoms with Crippen LogP contribution in [0.3, 0.4) is 0 Å². The number of hydrogen-bond acceptors (Lipinski definition) is 3. The molecule has 2 heterocycles. The molecule has 1 N–H and O–H groups in total. The molecule has 3 rings (SSSR count). The van der Waals surface area contributed by atoms with Gasteiger partial charge in [0.05, 0.1) is 12.1 Å². The summed E-state index contributed by atoms with van der Waals surface area (Å²) in [5.41, 5.74) is 1.44. The summed E-state index contributed by atoms with van der Waals surface area (Å²) in [5, 5.41) is 9.14. The number of carbonyl (C=O) groups is 2. The molecule has 110 valence electrons. The van der Waals surface area contributed by atoms with Gasteiger partial charge in [-0.3, -0.25) is 4.79 Å². The van der Waals surface area contributed by atoms with Crippen LogP contribution in [0.1, 0.15) is 25.5 Å². The molecule has 6 nitrogen and oxygen atoms in total. The van der Waals surface area contributed by atoms with Gasteiger partial charge in [0, 0.05) is 18.4 Å². The van der Waals surface area contributed by atoms with Crippen molar-refractivity contribution in [3.8, 4) is 0 Å². The number of carbonyl (C=O) groups excluding carboxylic acids is 1. The summed E-state index contributed by atoms with van der Waals surface area (Å²) in [4.78, 5) is 29.5. The standard InChI is InChI=1S/C15H17N3O3/c1-10(15(20)21)18(12-5-6-12)14(19)8-11-9-17-7-3-2-4-13(17)16-11/h2-4,7,9-10,12H,5-6,8H2,1H3,(H,20,21). The monoisotopic (exact) mass is 287 g/mol. The third kappa shape index (κ3) is 2.74. The minimum atomic E-state index is -0.967. The highest BCUT2D eigenvalue weighted by atomic mass is 16.4. The van der Waals surface area contributed by atoms with Crippen molar-refractivity contribution < 1.29 is 14.7 Å². The van der Waals surface area contributed by atoms with E-state index in [0.29, 0.717) is 5.69 Å². The van der Waals surface area contributed by atoms with E-state index >= 15 is 0 Å². The van der Waals surface area contributed by atoms with Crippen LogP contribution in [0, 0.1) is 0 Å². The average molecular weight is 287 g/mol. The van der Waals surface area contributed by atoms with Crippen molar-refractivity contribution in [1.82, 2.24) is 14.3 Å². The normalized spacial score (nSPS) is 15.9. The zero-order valence-electron chi connectivity index (χ0n) is 11.8. The second-order valence-corrected chi connectivity index (χ2v) is 5.42. The highest BCUT2D eigenvalue weighted by molar-refractivity contribution is 5.85. The third-order valence-corrected chi connectivity index (χ3v) is 3.75. The maximum atomic E-state index is 12.4. The van der Waals surface area contributed by atoms with Crippen LogP contribution in [-0.4, -0.2) is 43.4 Å². The maximum absolute atomic E-state index is 12.4. The molecule has 1 atom stereocenters. The van der Waals surface area contributed by atoms with Crippen LogP contribution in [0.25, 0.3) is 5.65 Å². The molecule has 1 aliphatic carbocycles. The van der Waals surface area contributed by atoms with E-state index in [2.05, 4.69) is 4.98 Å².